The maximum absolute atomic E-state index is 12.3. The standard InChI is InChI=1S/C13H18N2O3S/c1-4-9(3)10-6-7-15-8-11(12(16)18-5-2)19(17)13(15)14-10/h6-7,9H,4-5,8H2,1-3H3. The Bertz CT molecular complexity index is 601. The first-order valence-corrected chi connectivity index (χ1v) is 7.58. The summed E-state index contributed by atoms with van der Waals surface area (Å²) in [5.41, 5.74) is 0.909. The molecule has 0 aromatic rings. The van der Waals surface area contributed by atoms with Crippen LogP contribution in [0.1, 0.15) is 27.2 Å². The van der Waals surface area contributed by atoms with E-state index in [0.717, 1.165) is 12.1 Å². The minimum absolute atomic E-state index is 0.274. The van der Waals surface area contributed by atoms with Crippen LogP contribution in [0.25, 0.3) is 0 Å². The predicted molar refractivity (Wildman–Crippen MR) is 77.5 cm³/mol. The van der Waals surface area contributed by atoms with Crippen molar-refractivity contribution in [2.24, 2.45) is 10.9 Å². The highest BCUT2D eigenvalue weighted by Gasteiger charge is 2.28. The van der Waals surface area contributed by atoms with Crippen LogP contribution in [-0.2, 0) is 19.5 Å². The number of aliphatic imine (C=N–C) groups is 1. The van der Waals surface area contributed by atoms with Crippen molar-refractivity contribution in [2.75, 3.05) is 13.2 Å². The Hall–Kier alpha value is -1.56. The lowest BCUT2D eigenvalue weighted by Crippen LogP contribution is -2.31. The predicted octanol–water partition coefficient (Wildman–Crippen LogP) is 0.888. The van der Waals surface area contributed by atoms with E-state index in [4.69, 9.17) is 4.74 Å². The van der Waals surface area contributed by atoms with Crippen molar-refractivity contribution in [2.45, 2.75) is 27.2 Å². The van der Waals surface area contributed by atoms with Crippen LogP contribution in [0.2, 0.25) is 0 Å². The molecule has 104 valence electrons. The van der Waals surface area contributed by atoms with Gasteiger partial charge in [-0.25, -0.2) is 14.0 Å². The van der Waals surface area contributed by atoms with Crippen molar-refractivity contribution in [3.8, 4) is 0 Å². The lowest BCUT2D eigenvalue weighted by Gasteiger charge is -2.20. The van der Waals surface area contributed by atoms with E-state index in [-0.39, 0.29) is 11.5 Å². The average molecular weight is 282 g/mol. The molecule has 19 heavy (non-hydrogen) atoms. The lowest BCUT2D eigenvalue weighted by molar-refractivity contribution is -0.134. The Morgan fingerprint density at radius 3 is 2.95 bits per heavy atom. The molecule has 0 N–H and O–H groups in total. The molecule has 0 saturated carbocycles. The van der Waals surface area contributed by atoms with Gasteiger partial charge in [-0.3, -0.25) is 0 Å². The first-order chi connectivity index (χ1) is 9.08. The van der Waals surface area contributed by atoms with E-state index in [1.54, 1.807) is 11.8 Å². The van der Waals surface area contributed by atoms with Crippen molar-refractivity contribution in [3.05, 3.63) is 12.3 Å². The number of rotatable bonds is 4. The van der Waals surface area contributed by atoms with E-state index in [9.17, 15) is 9.00 Å². The van der Waals surface area contributed by atoms with E-state index >= 15 is 0 Å². The molecular formula is C13H18N2O3S. The molecule has 0 amide bonds. The summed E-state index contributed by atoms with van der Waals surface area (Å²) in [7, 11) is -1.50. The molecule has 0 bridgehead atoms. The molecule has 0 aliphatic carbocycles. The molecule has 0 spiro atoms. The Kier molecular flexibility index (Phi) is 4.09. The molecule has 0 aromatic carbocycles. The molecule has 0 saturated heterocycles. The second-order valence-corrected chi connectivity index (χ2v) is 5.88. The summed E-state index contributed by atoms with van der Waals surface area (Å²) in [6, 6.07) is 0. The van der Waals surface area contributed by atoms with E-state index in [1.807, 2.05) is 12.3 Å². The van der Waals surface area contributed by atoms with Gasteiger partial charge in [0.1, 0.15) is 4.86 Å². The molecule has 6 heteroatoms. The Labute approximate surface area is 114 Å². The van der Waals surface area contributed by atoms with Gasteiger partial charge >= 0.3 is 5.97 Å². The zero-order valence-electron chi connectivity index (χ0n) is 11.4. The first kappa shape index (κ1) is 13.9. The van der Waals surface area contributed by atoms with Gasteiger partial charge in [-0.1, -0.05) is 13.8 Å². The van der Waals surface area contributed by atoms with Crippen molar-refractivity contribution in [3.63, 3.8) is 0 Å². The smallest absolute Gasteiger partial charge is 0.348 e. The highest BCUT2D eigenvalue weighted by Crippen LogP contribution is 2.14. The number of fused-ring (bicyclic) bond motifs is 1. The van der Waals surface area contributed by atoms with E-state index in [2.05, 4.69) is 18.8 Å². The first-order valence-electron chi connectivity index (χ1n) is 6.43. The molecule has 0 aromatic heterocycles. The van der Waals surface area contributed by atoms with E-state index in [1.165, 1.54) is 0 Å². The summed E-state index contributed by atoms with van der Waals surface area (Å²) in [6.45, 7) is 6.48. The average Bonchev–Trinajstić information content (AvgIpc) is 2.75. The fourth-order valence-electron chi connectivity index (χ4n) is 1.87. The third kappa shape index (κ3) is 2.58. The summed E-state index contributed by atoms with van der Waals surface area (Å²) in [4.78, 5) is 18.2. The van der Waals surface area contributed by atoms with Crippen LogP contribution >= 0.6 is 0 Å². The number of esters is 1. The number of carbonyl (C=O) groups excluding carboxylic acids is 1. The largest absolute Gasteiger partial charge is 0.462 e. The zero-order chi connectivity index (χ0) is 14.0. The Morgan fingerprint density at radius 1 is 1.58 bits per heavy atom. The second kappa shape index (κ2) is 5.61. The van der Waals surface area contributed by atoms with Crippen molar-refractivity contribution in [1.29, 1.82) is 0 Å². The molecular weight excluding hydrogens is 264 g/mol. The molecule has 1 unspecified atom stereocenters. The van der Waals surface area contributed by atoms with Gasteiger partial charge in [-0.15, -0.1) is 0 Å². The number of hydrogen-bond donors (Lipinski definition) is 0. The van der Waals surface area contributed by atoms with Gasteiger partial charge in [-0.2, -0.15) is 0 Å². The highest BCUT2D eigenvalue weighted by atomic mass is 32.1. The number of hydrogen-bond acceptors (Lipinski definition) is 5. The van der Waals surface area contributed by atoms with Gasteiger partial charge in [0, 0.05) is 11.9 Å². The normalized spacial score (nSPS) is 19.4. The van der Waals surface area contributed by atoms with Gasteiger partial charge in [0.15, 0.2) is 0 Å². The topological polar surface area (TPSA) is 59.0 Å². The van der Waals surface area contributed by atoms with Crippen LogP contribution in [0.4, 0.5) is 0 Å². The maximum Gasteiger partial charge on any atom is 0.348 e. The van der Waals surface area contributed by atoms with E-state index < -0.39 is 15.9 Å². The summed E-state index contributed by atoms with van der Waals surface area (Å²) >= 11 is 0. The molecule has 2 heterocycles. The van der Waals surface area contributed by atoms with Gasteiger partial charge in [0.05, 0.1) is 23.1 Å². The lowest BCUT2D eigenvalue weighted by atomic mass is 10.0. The number of ether oxygens (including phenoxy) is 1. The molecule has 2 aliphatic rings. The summed E-state index contributed by atoms with van der Waals surface area (Å²) in [5, 5.41) is 0.445. The quantitative estimate of drug-likeness (QED) is 0.567. The third-order valence-corrected chi connectivity index (χ3v) is 4.62. The van der Waals surface area contributed by atoms with Crippen molar-refractivity contribution in [1.82, 2.24) is 4.90 Å². The van der Waals surface area contributed by atoms with Crippen molar-refractivity contribution < 1.29 is 13.7 Å². The minimum Gasteiger partial charge on any atom is -0.462 e. The summed E-state index contributed by atoms with van der Waals surface area (Å²) < 4.78 is 17.2. The van der Waals surface area contributed by atoms with E-state index in [0.29, 0.717) is 17.6 Å². The molecule has 2 rings (SSSR count). The molecule has 5 nitrogen and oxygen atoms in total. The Balaban J connectivity index is 2.39. The fraction of sp³-hybridized carbons (Fsp3) is 0.538. The second-order valence-electron chi connectivity index (χ2n) is 4.48. The molecule has 0 radical (unpaired) electrons. The van der Waals surface area contributed by atoms with Gasteiger partial charge in [0.25, 0.3) is 0 Å². The number of carbonyl (C=O) groups is 1. The number of nitrogens with zero attached hydrogens (tertiary/aromatic N) is 2. The monoisotopic (exact) mass is 282 g/mol. The van der Waals surface area contributed by atoms with Crippen LogP contribution in [0.15, 0.2) is 17.3 Å². The summed E-state index contributed by atoms with van der Waals surface area (Å²) in [5.74, 6) is -0.175. The fourth-order valence-corrected chi connectivity index (χ4v) is 3.08. The number of allylic oxidation sites excluding steroid dienone is 1. The molecule has 1 atom stereocenters. The molecule has 2 aliphatic heterocycles. The SMILES string of the molecule is CCOC(=O)C1=S(=O)=C2N=C(C(C)CC)C=CN2C1. The highest BCUT2D eigenvalue weighted by molar-refractivity contribution is 7.86. The summed E-state index contributed by atoms with van der Waals surface area (Å²) in [6.07, 6.45) is 4.73. The maximum atomic E-state index is 12.3. The molecule has 0 fully saturated rings. The van der Waals surface area contributed by atoms with Crippen LogP contribution in [0.5, 0.6) is 0 Å². The van der Waals surface area contributed by atoms with Gasteiger partial charge in [-0.05, 0) is 25.3 Å². The minimum atomic E-state index is -1.50. The zero-order valence-corrected chi connectivity index (χ0v) is 12.2. The Morgan fingerprint density at radius 2 is 2.32 bits per heavy atom. The van der Waals surface area contributed by atoms with Crippen molar-refractivity contribution >= 4 is 31.6 Å². The van der Waals surface area contributed by atoms with Crippen LogP contribution in [0.3, 0.4) is 0 Å². The van der Waals surface area contributed by atoms with Gasteiger partial charge in [0.2, 0.25) is 5.11 Å². The van der Waals surface area contributed by atoms with Gasteiger partial charge < -0.3 is 9.64 Å². The van der Waals surface area contributed by atoms with Crippen LogP contribution in [0, 0.1) is 5.92 Å². The van der Waals surface area contributed by atoms with Crippen LogP contribution < -0.4 is 0 Å². The van der Waals surface area contributed by atoms with Crippen LogP contribution in [-0.4, -0.2) is 43.9 Å². The third-order valence-electron chi connectivity index (χ3n) is 3.22.